The van der Waals surface area contributed by atoms with Gasteiger partial charge in [-0.25, -0.2) is 4.98 Å². The number of hydrogen-bond donors (Lipinski definition) is 1. The minimum absolute atomic E-state index is 0.542. The van der Waals surface area contributed by atoms with Gasteiger partial charge in [0.2, 0.25) is 0 Å². The summed E-state index contributed by atoms with van der Waals surface area (Å²) in [4.78, 5) is 4.60. The highest BCUT2D eigenvalue weighted by Crippen LogP contribution is 2.31. The summed E-state index contributed by atoms with van der Waals surface area (Å²) in [6.07, 6.45) is 3.56. The number of rotatable bonds is 4. The molecule has 4 rings (SSSR count). The Labute approximate surface area is 150 Å². The van der Waals surface area contributed by atoms with Crippen LogP contribution in [0.3, 0.4) is 0 Å². The van der Waals surface area contributed by atoms with E-state index in [4.69, 9.17) is 15.2 Å². The van der Waals surface area contributed by atoms with Gasteiger partial charge in [-0.15, -0.1) is 0 Å². The minimum atomic E-state index is 0.542. The number of benzene rings is 2. The second-order valence-corrected chi connectivity index (χ2v) is 5.81. The third-order valence-electron chi connectivity index (χ3n) is 4.37. The van der Waals surface area contributed by atoms with Crippen molar-refractivity contribution in [2.24, 2.45) is 0 Å². The monoisotopic (exact) mass is 346 g/mol. The number of aromatic nitrogens is 3. The molecule has 0 radical (unpaired) electrons. The SMILES string of the molecule is COc1ccc(-c2cnc3c(-c4ccc(OC)cc4)cnn3c2N)cc1. The smallest absolute Gasteiger partial charge is 0.165 e. The minimum Gasteiger partial charge on any atom is -0.497 e. The van der Waals surface area contributed by atoms with Crippen molar-refractivity contribution in [3.63, 3.8) is 0 Å². The zero-order valence-corrected chi connectivity index (χ0v) is 14.5. The number of methoxy groups -OCH3 is 2. The first-order chi connectivity index (χ1) is 12.7. The number of nitrogens with zero attached hydrogens (tertiary/aromatic N) is 3. The second-order valence-electron chi connectivity index (χ2n) is 5.81. The van der Waals surface area contributed by atoms with Gasteiger partial charge in [0.15, 0.2) is 5.65 Å². The molecule has 2 aromatic heterocycles. The summed E-state index contributed by atoms with van der Waals surface area (Å²) in [6, 6.07) is 15.5. The molecule has 0 saturated carbocycles. The maximum Gasteiger partial charge on any atom is 0.165 e. The summed E-state index contributed by atoms with van der Waals surface area (Å²) in [5.41, 5.74) is 10.8. The van der Waals surface area contributed by atoms with Crippen LogP contribution in [0.1, 0.15) is 0 Å². The van der Waals surface area contributed by atoms with Gasteiger partial charge in [0.25, 0.3) is 0 Å². The van der Waals surface area contributed by atoms with Crippen LogP contribution < -0.4 is 15.2 Å². The van der Waals surface area contributed by atoms with Crippen LogP contribution in [0.4, 0.5) is 5.82 Å². The number of hydrogen-bond acceptors (Lipinski definition) is 5. The maximum atomic E-state index is 6.37. The fourth-order valence-corrected chi connectivity index (χ4v) is 2.92. The standard InChI is InChI=1S/C20H18N4O2/c1-25-15-7-3-13(4-8-15)17-11-22-20-18(12-23-24(20)19(17)21)14-5-9-16(26-2)10-6-14/h3-12H,21H2,1-2H3. The Morgan fingerprint density at radius 3 is 1.85 bits per heavy atom. The second kappa shape index (κ2) is 6.40. The Bertz CT molecular complexity index is 1050. The molecule has 4 aromatic rings. The molecule has 130 valence electrons. The van der Waals surface area contributed by atoms with Crippen molar-refractivity contribution >= 4 is 11.5 Å². The third kappa shape index (κ3) is 2.61. The molecule has 0 spiro atoms. The summed E-state index contributed by atoms with van der Waals surface area (Å²) in [5.74, 6) is 2.14. The van der Waals surface area contributed by atoms with Gasteiger partial charge in [-0.2, -0.15) is 9.61 Å². The molecular formula is C20H18N4O2. The summed E-state index contributed by atoms with van der Waals surface area (Å²) in [6.45, 7) is 0. The van der Waals surface area contributed by atoms with Crippen molar-refractivity contribution in [1.29, 1.82) is 0 Å². The fourth-order valence-electron chi connectivity index (χ4n) is 2.92. The molecule has 6 nitrogen and oxygen atoms in total. The fraction of sp³-hybridized carbons (Fsp3) is 0.100. The molecule has 2 heterocycles. The normalized spacial score (nSPS) is 10.8. The Hall–Kier alpha value is -3.54. The van der Waals surface area contributed by atoms with E-state index < -0.39 is 0 Å². The van der Waals surface area contributed by atoms with Crippen molar-refractivity contribution in [1.82, 2.24) is 14.6 Å². The first kappa shape index (κ1) is 16.0. The number of nitrogen functional groups attached to an aromatic ring is 1. The van der Waals surface area contributed by atoms with Gasteiger partial charge >= 0.3 is 0 Å². The molecule has 0 amide bonds. The molecule has 0 saturated heterocycles. The predicted molar refractivity (Wildman–Crippen MR) is 101 cm³/mol. The van der Waals surface area contributed by atoms with E-state index in [1.54, 1.807) is 31.1 Å². The average Bonchev–Trinajstić information content (AvgIpc) is 3.13. The van der Waals surface area contributed by atoms with Gasteiger partial charge in [-0.3, -0.25) is 0 Å². The molecule has 0 atom stereocenters. The van der Waals surface area contributed by atoms with Crippen LogP contribution >= 0.6 is 0 Å². The van der Waals surface area contributed by atoms with E-state index in [0.29, 0.717) is 11.5 Å². The van der Waals surface area contributed by atoms with Gasteiger partial charge in [0, 0.05) is 17.3 Å². The maximum absolute atomic E-state index is 6.37. The first-order valence-electron chi connectivity index (χ1n) is 8.12. The molecule has 0 unspecified atom stereocenters. The number of nitrogens with two attached hydrogens (primary N) is 1. The lowest BCUT2D eigenvalue weighted by atomic mass is 10.1. The Morgan fingerprint density at radius 2 is 1.31 bits per heavy atom. The van der Waals surface area contributed by atoms with Crippen LogP contribution in [-0.4, -0.2) is 28.8 Å². The highest BCUT2D eigenvalue weighted by atomic mass is 16.5. The van der Waals surface area contributed by atoms with Crippen molar-refractivity contribution in [2.45, 2.75) is 0 Å². The van der Waals surface area contributed by atoms with Gasteiger partial charge in [-0.05, 0) is 35.4 Å². The van der Waals surface area contributed by atoms with Crippen LogP contribution in [0.25, 0.3) is 27.9 Å². The number of anilines is 1. The van der Waals surface area contributed by atoms with Crippen molar-refractivity contribution < 1.29 is 9.47 Å². The van der Waals surface area contributed by atoms with Gasteiger partial charge in [0.1, 0.15) is 17.3 Å². The van der Waals surface area contributed by atoms with E-state index in [2.05, 4.69) is 10.1 Å². The molecule has 0 aliphatic carbocycles. The van der Waals surface area contributed by atoms with E-state index in [0.717, 1.165) is 33.8 Å². The van der Waals surface area contributed by atoms with Crippen molar-refractivity contribution in [3.05, 3.63) is 60.9 Å². The number of fused-ring (bicyclic) bond motifs is 1. The van der Waals surface area contributed by atoms with Crippen LogP contribution in [0.2, 0.25) is 0 Å². The Kier molecular flexibility index (Phi) is 3.93. The molecule has 2 N–H and O–H groups in total. The molecule has 0 fully saturated rings. The number of ether oxygens (including phenoxy) is 2. The largest absolute Gasteiger partial charge is 0.497 e. The first-order valence-corrected chi connectivity index (χ1v) is 8.12. The molecule has 0 aliphatic heterocycles. The van der Waals surface area contributed by atoms with Crippen LogP contribution in [0, 0.1) is 0 Å². The highest BCUT2D eigenvalue weighted by molar-refractivity contribution is 5.82. The van der Waals surface area contributed by atoms with E-state index >= 15 is 0 Å². The van der Waals surface area contributed by atoms with E-state index in [-0.39, 0.29) is 0 Å². The van der Waals surface area contributed by atoms with E-state index in [9.17, 15) is 0 Å². The van der Waals surface area contributed by atoms with E-state index in [1.807, 2.05) is 48.5 Å². The van der Waals surface area contributed by atoms with Gasteiger partial charge < -0.3 is 15.2 Å². The molecule has 6 heteroatoms. The zero-order valence-electron chi connectivity index (χ0n) is 14.5. The van der Waals surface area contributed by atoms with Gasteiger partial charge in [0.05, 0.1) is 20.4 Å². The predicted octanol–water partition coefficient (Wildman–Crippen LogP) is 3.66. The van der Waals surface area contributed by atoms with Crippen molar-refractivity contribution in [2.75, 3.05) is 20.0 Å². The van der Waals surface area contributed by atoms with Crippen LogP contribution in [-0.2, 0) is 0 Å². The van der Waals surface area contributed by atoms with Gasteiger partial charge in [-0.1, -0.05) is 24.3 Å². The topological polar surface area (TPSA) is 74.7 Å². The van der Waals surface area contributed by atoms with Crippen molar-refractivity contribution in [3.8, 4) is 33.8 Å². The molecule has 0 bridgehead atoms. The lowest BCUT2D eigenvalue weighted by molar-refractivity contribution is 0.415. The molecule has 2 aromatic carbocycles. The zero-order chi connectivity index (χ0) is 18.1. The Balaban J connectivity index is 1.79. The lowest BCUT2D eigenvalue weighted by Gasteiger charge is -2.09. The summed E-state index contributed by atoms with van der Waals surface area (Å²) in [7, 11) is 3.29. The average molecular weight is 346 g/mol. The molecule has 0 aliphatic rings. The lowest BCUT2D eigenvalue weighted by Crippen LogP contribution is -2.02. The van der Waals surface area contributed by atoms with E-state index in [1.165, 1.54) is 0 Å². The van der Waals surface area contributed by atoms with Crippen LogP contribution in [0.15, 0.2) is 60.9 Å². The van der Waals surface area contributed by atoms with Crippen LogP contribution in [0.5, 0.6) is 11.5 Å². The summed E-state index contributed by atoms with van der Waals surface area (Å²) in [5, 5.41) is 4.43. The summed E-state index contributed by atoms with van der Waals surface area (Å²) >= 11 is 0. The molecule has 26 heavy (non-hydrogen) atoms. The Morgan fingerprint density at radius 1 is 0.769 bits per heavy atom. The summed E-state index contributed by atoms with van der Waals surface area (Å²) < 4.78 is 12.1. The quantitative estimate of drug-likeness (QED) is 0.610. The highest BCUT2D eigenvalue weighted by Gasteiger charge is 2.14. The third-order valence-corrected chi connectivity index (χ3v) is 4.37. The molecular weight excluding hydrogens is 328 g/mol.